The fourth-order valence-corrected chi connectivity index (χ4v) is 6.36. The first-order chi connectivity index (χ1) is 25.3. The number of nitrogens with zero attached hydrogens (tertiary/aromatic N) is 1. The van der Waals surface area contributed by atoms with Gasteiger partial charge in [-0.2, -0.15) is 0 Å². The molecule has 0 aliphatic rings. The Bertz CT molecular complexity index is 1680. The molecule has 0 radical (unpaired) electrons. The molecule has 290 valence electrons. The van der Waals surface area contributed by atoms with Gasteiger partial charge < -0.3 is 19.9 Å². The van der Waals surface area contributed by atoms with Crippen molar-refractivity contribution in [3.8, 4) is 16.9 Å². The number of Topliss-reactive ketones (excluding diaryl/α,β-unsaturated/α-hetero) is 1. The van der Waals surface area contributed by atoms with Crippen molar-refractivity contribution in [2.45, 2.75) is 136 Å². The standard InChI is InChI=1S/C43H59ClN2O7/c1-6-8-9-10-11-12-13-14-15-16-17-18-26-52-39-30-46(40(48)29-36(39)35-28-32(44)21-24-34(35)38(47)7-2)37(25-27-53-43(3,4)5)41(49)45-33-22-19-31(20-23-33)42(50)51/h19-24,28-30,37H,6-18,25-27H2,1-5H3,(H,45,49)(H,50,51)/t37-/m1/s1. The van der Waals surface area contributed by atoms with Crippen LogP contribution < -0.4 is 15.6 Å². The highest BCUT2D eigenvalue weighted by atomic mass is 35.5. The summed E-state index contributed by atoms with van der Waals surface area (Å²) >= 11 is 6.43. The highest BCUT2D eigenvalue weighted by molar-refractivity contribution is 6.31. The van der Waals surface area contributed by atoms with E-state index in [1.165, 1.54) is 92.7 Å². The van der Waals surface area contributed by atoms with Crippen molar-refractivity contribution in [2.75, 3.05) is 18.5 Å². The van der Waals surface area contributed by atoms with Gasteiger partial charge in [0, 0.05) is 47.4 Å². The number of anilines is 1. The second-order valence-electron chi connectivity index (χ2n) is 14.6. The summed E-state index contributed by atoms with van der Waals surface area (Å²) in [4.78, 5) is 52.2. The van der Waals surface area contributed by atoms with Crippen LogP contribution in [0.15, 0.2) is 59.5 Å². The van der Waals surface area contributed by atoms with Crippen LogP contribution in [0.2, 0.25) is 5.02 Å². The highest BCUT2D eigenvalue weighted by Crippen LogP contribution is 2.35. The Kier molecular flexibility index (Phi) is 18.3. The predicted molar refractivity (Wildman–Crippen MR) is 214 cm³/mol. The first-order valence-electron chi connectivity index (χ1n) is 19.3. The summed E-state index contributed by atoms with van der Waals surface area (Å²) in [7, 11) is 0. The molecule has 9 nitrogen and oxygen atoms in total. The lowest BCUT2D eigenvalue weighted by Gasteiger charge is -2.25. The van der Waals surface area contributed by atoms with E-state index in [1.54, 1.807) is 31.3 Å². The largest absolute Gasteiger partial charge is 0.491 e. The second kappa shape index (κ2) is 22.3. The number of aromatic carboxylic acids is 1. The quantitative estimate of drug-likeness (QED) is 0.0690. The molecule has 1 aromatic heterocycles. The zero-order valence-electron chi connectivity index (χ0n) is 32.3. The number of ether oxygens (including phenoxy) is 2. The lowest BCUT2D eigenvalue weighted by molar-refractivity contribution is -0.120. The number of carbonyl (C=O) groups excluding carboxylic acids is 2. The van der Waals surface area contributed by atoms with Crippen molar-refractivity contribution in [2.24, 2.45) is 0 Å². The predicted octanol–water partition coefficient (Wildman–Crippen LogP) is 10.9. The van der Waals surface area contributed by atoms with E-state index in [4.69, 9.17) is 21.1 Å². The van der Waals surface area contributed by atoms with Crippen molar-refractivity contribution >= 4 is 34.9 Å². The summed E-state index contributed by atoms with van der Waals surface area (Å²) in [6.07, 6.45) is 16.5. The Morgan fingerprint density at radius 3 is 1.98 bits per heavy atom. The van der Waals surface area contributed by atoms with Crippen LogP contribution in [0.1, 0.15) is 151 Å². The molecule has 0 aliphatic heterocycles. The van der Waals surface area contributed by atoms with Crippen molar-refractivity contribution in [1.82, 2.24) is 4.57 Å². The maximum Gasteiger partial charge on any atom is 0.335 e. The van der Waals surface area contributed by atoms with Gasteiger partial charge in [0.2, 0.25) is 5.91 Å². The minimum atomic E-state index is -1.08. The summed E-state index contributed by atoms with van der Waals surface area (Å²) in [5, 5.41) is 12.5. The number of carboxylic acid groups (broad SMARTS) is 1. The Labute approximate surface area is 320 Å². The molecule has 0 aliphatic carbocycles. The molecule has 1 amide bonds. The maximum absolute atomic E-state index is 14.0. The first-order valence-corrected chi connectivity index (χ1v) is 19.7. The number of aromatic nitrogens is 1. The molecule has 0 fully saturated rings. The van der Waals surface area contributed by atoms with Crippen molar-refractivity contribution in [1.29, 1.82) is 0 Å². The number of pyridine rings is 1. The van der Waals surface area contributed by atoms with E-state index in [0.717, 1.165) is 19.3 Å². The van der Waals surface area contributed by atoms with E-state index in [1.807, 2.05) is 20.8 Å². The van der Waals surface area contributed by atoms with Crippen LogP contribution in [0.25, 0.3) is 11.1 Å². The lowest BCUT2D eigenvalue weighted by atomic mass is 9.96. The number of amides is 1. The van der Waals surface area contributed by atoms with Gasteiger partial charge >= 0.3 is 5.97 Å². The summed E-state index contributed by atoms with van der Waals surface area (Å²) in [6.45, 7) is 10.3. The smallest absolute Gasteiger partial charge is 0.335 e. The molecule has 0 saturated heterocycles. The Balaban J connectivity index is 1.88. The van der Waals surface area contributed by atoms with Gasteiger partial charge in [0.05, 0.1) is 24.0 Å². The number of hydrogen-bond acceptors (Lipinski definition) is 6. The molecule has 0 saturated carbocycles. The van der Waals surface area contributed by atoms with Crippen LogP contribution in [0.5, 0.6) is 5.75 Å². The van der Waals surface area contributed by atoms with Crippen LogP contribution in [0, 0.1) is 0 Å². The third-order valence-corrected chi connectivity index (χ3v) is 9.39. The first kappa shape index (κ1) is 43.5. The van der Waals surface area contributed by atoms with E-state index in [-0.39, 0.29) is 30.8 Å². The van der Waals surface area contributed by atoms with Gasteiger partial charge in [-0.1, -0.05) is 96.1 Å². The SMILES string of the molecule is CCCCCCCCCCCCCCOc1cn([C@H](CCOC(C)(C)C)C(=O)Nc2ccc(C(=O)O)cc2)c(=O)cc1-c1cc(Cl)ccc1C(=O)CC. The Morgan fingerprint density at radius 2 is 1.42 bits per heavy atom. The number of halogens is 1. The van der Waals surface area contributed by atoms with E-state index >= 15 is 0 Å². The van der Waals surface area contributed by atoms with Gasteiger partial charge in [-0.15, -0.1) is 0 Å². The Hall–Kier alpha value is -3.95. The monoisotopic (exact) mass is 750 g/mol. The highest BCUT2D eigenvalue weighted by Gasteiger charge is 2.26. The van der Waals surface area contributed by atoms with Gasteiger partial charge in [0.25, 0.3) is 5.56 Å². The summed E-state index contributed by atoms with van der Waals surface area (Å²) in [5.74, 6) is -1.29. The van der Waals surface area contributed by atoms with Crippen molar-refractivity contribution in [3.05, 3.63) is 81.2 Å². The number of unbranched alkanes of at least 4 members (excludes halogenated alkanes) is 11. The number of hydrogen-bond donors (Lipinski definition) is 2. The van der Waals surface area contributed by atoms with Crippen LogP contribution in [0.3, 0.4) is 0 Å². The fourth-order valence-electron chi connectivity index (χ4n) is 6.19. The van der Waals surface area contributed by atoms with Crippen molar-refractivity contribution in [3.63, 3.8) is 0 Å². The molecule has 0 unspecified atom stereocenters. The summed E-state index contributed by atoms with van der Waals surface area (Å²) in [6, 6.07) is 11.2. The van der Waals surface area contributed by atoms with E-state index in [0.29, 0.717) is 39.8 Å². The van der Waals surface area contributed by atoms with Gasteiger partial charge in [0.1, 0.15) is 11.8 Å². The fraction of sp³-hybridized carbons (Fsp3) is 0.535. The van der Waals surface area contributed by atoms with E-state index < -0.39 is 29.1 Å². The third-order valence-electron chi connectivity index (χ3n) is 9.16. The number of ketones is 1. The average molecular weight is 751 g/mol. The van der Waals surface area contributed by atoms with Crippen molar-refractivity contribution < 1.29 is 29.0 Å². The minimum absolute atomic E-state index is 0.0850. The minimum Gasteiger partial charge on any atom is -0.491 e. The van der Waals surface area contributed by atoms with Crippen LogP contribution >= 0.6 is 11.6 Å². The van der Waals surface area contributed by atoms with Gasteiger partial charge in [-0.05, 0) is 75.2 Å². The zero-order valence-corrected chi connectivity index (χ0v) is 33.1. The lowest BCUT2D eigenvalue weighted by Crippen LogP contribution is -2.34. The maximum atomic E-state index is 14.0. The van der Waals surface area contributed by atoms with Crippen LogP contribution in [-0.4, -0.2) is 46.1 Å². The molecular weight excluding hydrogens is 692 g/mol. The molecule has 2 aromatic carbocycles. The third kappa shape index (κ3) is 14.8. The molecule has 0 bridgehead atoms. The molecule has 1 atom stereocenters. The zero-order chi connectivity index (χ0) is 38.8. The number of carboxylic acids is 1. The normalized spacial score (nSPS) is 12.0. The number of rotatable bonds is 24. The number of nitrogens with one attached hydrogen (secondary N) is 1. The Morgan fingerprint density at radius 1 is 0.811 bits per heavy atom. The van der Waals surface area contributed by atoms with Gasteiger partial charge in [-0.3, -0.25) is 19.0 Å². The molecule has 3 aromatic rings. The summed E-state index contributed by atoms with van der Waals surface area (Å²) in [5.41, 5.74) is 0.887. The van der Waals surface area contributed by atoms with Gasteiger partial charge in [-0.25, -0.2) is 4.79 Å². The number of carbonyl (C=O) groups is 3. The van der Waals surface area contributed by atoms with Gasteiger partial charge in [0.15, 0.2) is 5.78 Å². The molecule has 10 heteroatoms. The molecule has 2 N–H and O–H groups in total. The molecular formula is C43H59ClN2O7. The second-order valence-corrected chi connectivity index (χ2v) is 15.1. The number of benzene rings is 2. The molecule has 1 heterocycles. The van der Waals surface area contributed by atoms with Crippen LogP contribution in [-0.2, 0) is 9.53 Å². The molecule has 0 spiro atoms. The molecule has 53 heavy (non-hydrogen) atoms. The van der Waals surface area contributed by atoms with E-state index in [2.05, 4.69) is 12.2 Å². The summed E-state index contributed by atoms with van der Waals surface area (Å²) < 4.78 is 13.7. The van der Waals surface area contributed by atoms with Crippen LogP contribution in [0.4, 0.5) is 5.69 Å². The average Bonchev–Trinajstić information content (AvgIpc) is 3.12. The van der Waals surface area contributed by atoms with E-state index in [9.17, 15) is 24.3 Å². The topological polar surface area (TPSA) is 124 Å². The molecule has 3 rings (SSSR count).